The number of benzene rings is 3. The first-order chi connectivity index (χ1) is 14.1. The topological polar surface area (TPSA) is 22.1 Å². The Kier molecular flexibility index (Phi) is 5.44. The van der Waals surface area contributed by atoms with Crippen LogP contribution in [0.5, 0.6) is 5.75 Å². The third-order valence-corrected chi connectivity index (χ3v) is 5.02. The minimum atomic E-state index is 0.670. The van der Waals surface area contributed by atoms with Crippen LogP contribution in [0.25, 0.3) is 33.6 Å². The van der Waals surface area contributed by atoms with Gasteiger partial charge in [-0.15, -0.1) is 0 Å². The summed E-state index contributed by atoms with van der Waals surface area (Å²) >= 11 is 0. The molecule has 0 aliphatic rings. The molecule has 0 bridgehead atoms. The van der Waals surface area contributed by atoms with Crippen LogP contribution in [0.1, 0.15) is 18.1 Å². The lowest BCUT2D eigenvalue weighted by atomic mass is 9.99. The van der Waals surface area contributed by atoms with Crippen molar-refractivity contribution in [1.29, 1.82) is 0 Å². The molecule has 0 N–H and O–H groups in total. The Morgan fingerprint density at radius 2 is 1.03 bits per heavy atom. The lowest BCUT2D eigenvalue weighted by Gasteiger charge is -2.11. The monoisotopic (exact) mass is 379 g/mol. The number of aryl methyl sites for hydroxylation is 2. The lowest BCUT2D eigenvalue weighted by molar-refractivity contribution is 0.340. The van der Waals surface area contributed by atoms with Crippen LogP contribution in [0, 0.1) is 13.8 Å². The van der Waals surface area contributed by atoms with Crippen molar-refractivity contribution >= 4 is 0 Å². The molecule has 0 amide bonds. The Hall–Kier alpha value is -3.39. The molecule has 144 valence electrons. The SMILES string of the molecule is CCOc1ccc(-c2cc(-c3ccc(C)cc3)nc(-c3ccc(C)cc3)c2)cc1. The Bertz CT molecular complexity index is 1030. The number of hydrogen-bond acceptors (Lipinski definition) is 2. The van der Waals surface area contributed by atoms with Crippen molar-refractivity contribution in [2.75, 3.05) is 6.61 Å². The number of pyridine rings is 1. The fourth-order valence-electron chi connectivity index (χ4n) is 3.35. The molecule has 0 fully saturated rings. The Morgan fingerprint density at radius 3 is 1.48 bits per heavy atom. The molecule has 29 heavy (non-hydrogen) atoms. The van der Waals surface area contributed by atoms with Crippen molar-refractivity contribution in [2.45, 2.75) is 20.8 Å². The van der Waals surface area contributed by atoms with E-state index in [1.807, 2.05) is 19.1 Å². The quantitative estimate of drug-likeness (QED) is 0.369. The van der Waals surface area contributed by atoms with Gasteiger partial charge >= 0.3 is 0 Å². The van der Waals surface area contributed by atoms with E-state index >= 15 is 0 Å². The molecule has 0 spiro atoms. The van der Waals surface area contributed by atoms with Gasteiger partial charge in [-0.05, 0) is 56.2 Å². The number of hydrogen-bond donors (Lipinski definition) is 0. The highest BCUT2D eigenvalue weighted by Crippen LogP contribution is 2.31. The van der Waals surface area contributed by atoms with Gasteiger partial charge in [0.2, 0.25) is 0 Å². The number of rotatable bonds is 5. The average Bonchev–Trinajstić information content (AvgIpc) is 2.75. The minimum Gasteiger partial charge on any atom is -0.494 e. The second-order valence-electron chi connectivity index (χ2n) is 7.32. The lowest BCUT2D eigenvalue weighted by Crippen LogP contribution is -1.93. The highest BCUT2D eigenvalue weighted by molar-refractivity contribution is 5.76. The van der Waals surface area contributed by atoms with Crippen LogP contribution >= 0.6 is 0 Å². The largest absolute Gasteiger partial charge is 0.494 e. The van der Waals surface area contributed by atoms with Crippen molar-refractivity contribution in [1.82, 2.24) is 4.98 Å². The third-order valence-electron chi connectivity index (χ3n) is 5.02. The summed E-state index contributed by atoms with van der Waals surface area (Å²) in [5, 5.41) is 0. The predicted molar refractivity (Wildman–Crippen MR) is 121 cm³/mol. The van der Waals surface area contributed by atoms with E-state index in [1.165, 1.54) is 11.1 Å². The van der Waals surface area contributed by atoms with E-state index < -0.39 is 0 Å². The average molecular weight is 380 g/mol. The maximum Gasteiger partial charge on any atom is 0.119 e. The maximum absolute atomic E-state index is 5.59. The van der Waals surface area contributed by atoms with Crippen LogP contribution in [-0.2, 0) is 0 Å². The third kappa shape index (κ3) is 4.38. The zero-order chi connectivity index (χ0) is 20.2. The fraction of sp³-hybridized carbons (Fsp3) is 0.148. The first-order valence-corrected chi connectivity index (χ1v) is 10.0. The molecule has 3 aromatic carbocycles. The van der Waals surface area contributed by atoms with Crippen LogP contribution in [0.4, 0.5) is 0 Å². The highest BCUT2D eigenvalue weighted by atomic mass is 16.5. The summed E-state index contributed by atoms with van der Waals surface area (Å²) in [5.41, 5.74) is 8.99. The van der Waals surface area contributed by atoms with E-state index in [1.54, 1.807) is 0 Å². The Balaban J connectivity index is 1.83. The van der Waals surface area contributed by atoms with Crippen LogP contribution in [0.15, 0.2) is 84.9 Å². The first kappa shape index (κ1) is 18.9. The molecule has 1 heterocycles. The van der Waals surface area contributed by atoms with E-state index in [0.717, 1.165) is 39.4 Å². The molecule has 0 radical (unpaired) electrons. The van der Waals surface area contributed by atoms with Crippen LogP contribution in [0.2, 0.25) is 0 Å². The zero-order valence-electron chi connectivity index (χ0n) is 17.1. The summed E-state index contributed by atoms with van der Waals surface area (Å²) in [6, 6.07) is 29.7. The zero-order valence-corrected chi connectivity index (χ0v) is 17.1. The van der Waals surface area contributed by atoms with Gasteiger partial charge in [-0.2, -0.15) is 0 Å². The number of ether oxygens (including phenoxy) is 1. The molecule has 2 heteroatoms. The molecule has 0 aliphatic carbocycles. The molecular weight excluding hydrogens is 354 g/mol. The first-order valence-electron chi connectivity index (χ1n) is 10.0. The van der Waals surface area contributed by atoms with Gasteiger partial charge in [0.1, 0.15) is 5.75 Å². The predicted octanol–water partition coefficient (Wildman–Crippen LogP) is 7.10. The van der Waals surface area contributed by atoms with E-state index in [2.05, 4.69) is 86.6 Å². The molecule has 4 rings (SSSR count). The molecule has 0 aliphatic heterocycles. The Labute approximate surface area is 172 Å². The highest BCUT2D eigenvalue weighted by Gasteiger charge is 2.09. The molecule has 0 unspecified atom stereocenters. The van der Waals surface area contributed by atoms with Gasteiger partial charge in [-0.1, -0.05) is 71.8 Å². The van der Waals surface area contributed by atoms with Crippen LogP contribution in [0.3, 0.4) is 0 Å². The van der Waals surface area contributed by atoms with Crippen molar-refractivity contribution in [3.63, 3.8) is 0 Å². The Morgan fingerprint density at radius 1 is 0.586 bits per heavy atom. The van der Waals surface area contributed by atoms with E-state index in [-0.39, 0.29) is 0 Å². The fourth-order valence-corrected chi connectivity index (χ4v) is 3.35. The van der Waals surface area contributed by atoms with Gasteiger partial charge in [0, 0.05) is 11.1 Å². The van der Waals surface area contributed by atoms with Crippen LogP contribution < -0.4 is 4.74 Å². The van der Waals surface area contributed by atoms with Crippen molar-refractivity contribution in [3.8, 4) is 39.4 Å². The van der Waals surface area contributed by atoms with E-state index in [0.29, 0.717) is 6.61 Å². The summed E-state index contributed by atoms with van der Waals surface area (Å²) < 4.78 is 5.59. The smallest absolute Gasteiger partial charge is 0.119 e. The van der Waals surface area contributed by atoms with E-state index in [4.69, 9.17) is 9.72 Å². The van der Waals surface area contributed by atoms with Crippen molar-refractivity contribution in [3.05, 3.63) is 96.1 Å². The van der Waals surface area contributed by atoms with Gasteiger partial charge in [-0.25, -0.2) is 4.98 Å². The summed E-state index contributed by atoms with van der Waals surface area (Å²) in [5.74, 6) is 0.892. The van der Waals surface area contributed by atoms with Gasteiger partial charge in [-0.3, -0.25) is 0 Å². The number of aromatic nitrogens is 1. The molecule has 1 aromatic heterocycles. The molecule has 4 aromatic rings. The second-order valence-corrected chi connectivity index (χ2v) is 7.32. The van der Waals surface area contributed by atoms with Gasteiger partial charge in [0.25, 0.3) is 0 Å². The van der Waals surface area contributed by atoms with Crippen molar-refractivity contribution in [2.24, 2.45) is 0 Å². The molecule has 0 atom stereocenters. The molecular formula is C27H25NO. The van der Waals surface area contributed by atoms with E-state index in [9.17, 15) is 0 Å². The molecule has 2 nitrogen and oxygen atoms in total. The summed E-state index contributed by atoms with van der Waals surface area (Å²) in [7, 11) is 0. The standard InChI is InChI=1S/C27H25NO/c1-4-29-25-15-13-21(14-16-25)24-17-26(22-9-5-19(2)6-10-22)28-27(18-24)23-11-7-20(3)8-12-23/h5-18H,4H2,1-3H3. The second kappa shape index (κ2) is 8.32. The minimum absolute atomic E-state index is 0.670. The van der Waals surface area contributed by atoms with Gasteiger partial charge in [0.05, 0.1) is 18.0 Å². The van der Waals surface area contributed by atoms with Crippen LogP contribution in [-0.4, -0.2) is 11.6 Å². The summed E-state index contributed by atoms with van der Waals surface area (Å²) in [6.07, 6.45) is 0. The summed E-state index contributed by atoms with van der Waals surface area (Å²) in [4.78, 5) is 4.98. The normalized spacial score (nSPS) is 10.7. The van der Waals surface area contributed by atoms with Gasteiger partial charge < -0.3 is 4.74 Å². The number of nitrogens with zero attached hydrogens (tertiary/aromatic N) is 1. The summed E-state index contributed by atoms with van der Waals surface area (Å²) in [6.45, 7) is 6.87. The van der Waals surface area contributed by atoms with Crippen molar-refractivity contribution < 1.29 is 4.74 Å². The van der Waals surface area contributed by atoms with Gasteiger partial charge in [0.15, 0.2) is 0 Å². The molecule has 0 saturated carbocycles. The maximum atomic E-state index is 5.59. The molecule has 0 saturated heterocycles.